The molecule has 1 N–H and O–H groups in total. The normalized spacial score (nSPS) is 12.2. The van der Waals surface area contributed by atoms with E-state index < -0.39 is 32.9 Å². The van der Waals surface area contributed by atoms with Crippen LogP contribution < -0.4 is 16.9 Å². The maximum atomic E-state index is 11.9. The van der Waals surface area contributed by atoms with Crippen molar-refractivity contribution in [3.63, 3.8) is 0 Å². The van der Waals surface area contributed by atoms with Crippen LogP contribution in [0.1, 0.15) is 0 Å². The lowest BCUT2D eigenvalue weighted by Gasteiger charge is -2.06. The molecule has 0 amide bonds. The summed E-state index contributed by atoms with van der Waals surface area (Å²) in [6.45, 7) is 0. The van der Waals surface area contributed by atoms with Gasteiger partial charge in [0.25, 0.3) is 5.56 Å². The van der Waals surface area contributed by atoms with Gasteiger partial charge in [0.1, 0.15) is 0 Å². The quantitative estimate of drug-likeness (QED) is 0.573. The summed E-state index contributed by atoms with van der Waals surface area (Å²) < 4.78 is 33.9. The Kier molecular flexibility index (Phi) is 2.57. The summed E-state index contributed by atoms with van der Waals surface area (Å²) in [5.41, 5.74) is -3.58. The molecular weight excluding hydrogens is 280 g/mol. The molecule has 0 aliphatic rings. The zero-order chi connectivity index (χ0) is 14.7. The van der Waals surface area contributed by atoms with E-state index in [0.717, 1.165) is 16.2 Å². The molecule has 0 radical (unpaired) electrons. The molecule has 0 atom stereocenters. The molecule has 0 saturated heterocycles. The van der Waals surface area contributed by atoms with Crippen molar-refractivity contribution >= 4 is 21.5 Å². The van der Waals surface area contributed by atoms with Gasteiger partial charge in [-0.2, -0.15) is 8.42 Å². The van der Waals surface area contributed by atoms with Crippen molar-refractivity contribution in [3.8, 4) is 0 Å². The molecule has 104 valence electrons. The Hall–Kier alpha value is -2.14. The van der Waals surface area contributed by atoms with Crippen molar-refractivity contribution in [2.45, 2.75) is 0 Å². The minimum absolute atomic E-state index is 0.00509. The molecule has 11 heteroatoms. The Morgan fingerprint density at radius 2 is 1.42 bits per heavy atom. The molecular formula is C8H10N4O6S. The molecule has 2 aromatic heterocycles. The third kappa shape index (κ3) is 1.58. The molecule has 0 spiro atoms. The third-order valence-electron chi connectivity index (χ3n) is 2.83. The Morgan fingerprint density at radius 1 is 0.895 bits per heavy atom. The predicted octanol–water partition coefficient (Wildman–Crippen LogP) is -2.61. The molecule has 0 aliphatic carbocycles. The molecule has 2 aromatic rings. The number of hydrogen-bond acceptors (Lipinski definition) is 5. The highest BCUT2D eigenvalue weighted by Crippen LogP contribution is 2.06. The number of imidazole rings is 1. The van der Waals surface area contributed by atoms with Crippen LogP contribution in [0, 0.1) is 0 Å². The fourth-order valence-corrected chi connectivity index (χ4v) is 2.62. The number of fused-ring (bicyclic) bond motifs is 1. The fraction of sp³-hybridized carbons (Fsp3) is 0.375. The zero-order valence-electron chi connectivity index (χ0n) is 10.2. The van der Waals surface area contributed by atoms with Gasteiger partial charge in [0, 0.05) is 21.1 Å². The standard InChI is InChI=1S/C8H10N4O6S/c1-9-4-5(10(2)7(9)14)12(19(16,17)18)8(15)11(3)6(4)13/h1-3H3,(H,16,17,18). The van der Waals surface area contributed by atoms with Crippen LogP contribution >= 0.6 is 0 Å². The van der Waals surface area contributed by atoms with Gasteiger partial charge in [0.2, 0.25) is 0 Å². The van der Waals surface area contributed by atoms with E-state index in [2.05, 4.69) is 0 Å². The predicted molar refractivity (Wildman–Crippen MR) is 64.6 cm³/mol. The smallest absolute Gasteiger partial charge is 0.289 e. The van der Waals surface area contributed by atoms with Gasteiger partial charge in [0.15, 0.2) is 11.2 Å². The third-order valence-corrected chi connectivity index (χ3v) is 3.62. The van der Waals surface area contributed by atoms with Crippen LogP contribution in [-0.4, -0.2) is 30.6 Å². The van der Waals surface area contributed by atoms with Crippen LogP contribution in [-0.2, 0) is 31.4 Å². The van der Waals surface area contributed by atoms with Crippen molar-refractivity contribution in [1.82, 2.24) is 17.7 Å². The summed E-state index contributed by atoms with van der Waals surface area (Å²) in [5.74, 6) is 0. The summed E-state index contributed by atoms with van der Waals surface area (Å²) in [7, 11) is -1.47. The number of aryl methyl sites for hydroxylation is 2. The molecule has 2 rings (SSSR count). The fourth-order valence-electron chi connectivity index (χ4n) is 1.87. The minimum atomic E-state index is -4.95. The average Bonchev–Trinajstić information content (AvgIpc) is 2.50. The van der Waals surface area contributed by atoms with Gasteiger partial charge in [0.05, 0.1) is 0 Å². The van der Waals surface area contributed by atoms with Crippen LogP contribution in [0.2, 0.25) is 0 Å². The lowest BCUT2D eigenvalue weighted by Crippen LogP contribution is -2.41. The summed E-state index contributed by atoms with van der Waals surface area (Å²) in [6, 6.07) is 0. The highest BCUT2D eigenvalue weighted by Gasteiger charge is 2.24. The van der Waals surface area contributed by atoms with Crippen LogP contribution in [0.3, 0.4) is 0 Å². The van der Waals surface area contributed by atoms with Gasteiger partial charge in [-0.25, -0.2) is 9.59 Å². The van der Waals surface area contributed by atoms with Crippen molar-refractivity contribution in [1.29, 1.82) is 0 Å². The van der Waals surface area contributed by atoms with Gasteiger partial charge >= 0.3 is 21.7 Å². The van der Waals surface area contributed by atoms with Crippen LogP contribution in [0.4, 0.5) is 0 Å². The van der Waals surface area contributed by atoms with E-state index >= 15 is 0 Å². The SMILES string of the molecule is Cn1c(=O)c2c(n(C)c(=O)n2C)n(S(=O)(=O)O)c1=O. The Morgan fingerprint density at radius 3 is 1.89 bits per heavy atom. The highest BCUT2D eigenvalue weighted by molar-refractivity contribution is 7.84. The number of nitrogens with zero attached hydrogens (tertiary/aromatic N) is 4. The Balaban J connectivity index is 3.43. The summed E-state index contributed by atoms with van der Waals surface area (Å²) >= 11 is 0. The zero-order valence-corrected chi connectivity index (χ0v) is 11.0. The Labute approximate surface area is 105 Å². The van der Waals surface area contributed by atoms with E-state index in [1.165, 1.54) is 14.1 Å². The molecule has 10 nitrogen and oxygen atoms in total. The molecule has 0 bridgehead atoms. The van der Waals surface area contributed by atoms with Crippen LogP contribution in [0.25, 0.3) is 11.2 Å². The second-order valence-corrected chi connectivity index (χ2v) is 5.22. The van der Waals surface area contributed by atoms with E-state index in [1.807, 2.05) is 0 Å². The van der Waals surface area contributed by atoms with Crippen LogP contribution in [0.15, 0.2) is 14.4 Å². The second-order valence-electron chi connectivity index (χ2n) is 3.96. The average molecular weight is 290 g/mol. The molecule has 0 saturated carbocycles. The van der Waals surface area contributed by atoms with Gasteiger partial charge in [-0.05, 0) is 0 Å². The van der Waals surface area contributed by atoms with E-state index in [0.29, 0.717) is 4.57 Å². The lowest BCUT2D eigenvalue weighted by molar-refractivity contribution is 0.468. The summed E-state index contributed by atoms with van der Waals surface area (Å²) in [5, 5.41) is 0. The lowest BCUT2D eigenvalue weighted by atomic mass is 10.5. The van der Waals surface area contributed by atoms with Crippen molar-refractivity contribution in [2.24, 2.45) is 21.1 Å². The van der Waals surface area contributed by atoms with E-state index in [-0.39, 0.29) is 9.49 Å². The van der Waals surface area contributed by atoms with Crippen molar-refractivity contribution in [3.05, 3.63) is 31.3 Å². The van der Waals surface area contributed by atoms with Crippen molar-refractivity contribution in [2.75, 3.05) is 0 Å². The molecule has 0 unspecified atom stereocenters. The Bertz CT molecular complexity index is 970. The first-order valence-corrected chi connectivity index (χ1v) is 6.34. The van der Waals surface area contributed by atoms with Gasteiger partial charge in [-0.1, -0.05) is 0 Å². The first-order chi connectivity index (χ1) is 8.59. The molecule has 0 fully saturated rings. The number of aromatic nitrogens is 4. The number of hydrogen-bond donors (Lipinski definition) is 1. The first-order valence-electron chi connectivity index (χ1n) is 4.94. The van der Waals surface area contributed by atoms with Gasteiger partial charge in [-0.3, -0.25) is 23.0 Å². The number of rotatable bonds is 1. The minimum Gasteiger partial charge on any atom is -0.289 e. The van der Waals surface area contributed by atoms with Crippen molar-refractivity contribution < 1.29 is 13.0 Å². The maximum Gasteiger partial charge on any atom is 0.369 e. The molecule has 0 aliphatic heterocycles. The van der Waals surface area contributed by atoms with E-state index in [9.17, 15) is 22.8 Å². The summed E-state index contributed by atoms with van der Waals surface area (Å²) in [6.07, 6.45) is 0. The molecule has 19 heavy (non-hydrogen) atoms. The summed E-state index contributed by atoms with van der Waals surface area (Å²) in [4.78, 5) is 35.4. The van der Waals surface area contributed by atoms with Crippen LogP contribution in [0.5, 0.6) is 0 Å². The topological polar surface area (TPSA) is 125 Å². The largest absolute Gasteiger partial charge is 0.369 e. The maximum absolute atomic E-state index is 11.9. The first kappa shape index (κ1) is 13.3. The molecule has 0 aromatic carbocycles. The van der Waals surface area contributed by atoms with Gasteiger partial charge in [-0.15, -0.1) is 3.97 Å². The monoisotopic (exact) mass is 290 g/mol. The van der Waals surface area contributed by atoms with E-state index in [1.54, 1.807) is 0 Å². The molecule has 2 heterocycles. The highest BCUT2D eigenvalue weighted by atomic mass is 32.2. The van der Waals surface area contributed by atoms with E-state index in [4.69, 9.17) is 4.55 Å². The van der Waals surface area contributed by atoms with Gasteiger partial charge < -0.3 is 0 Å². The second kappa shape index (κ2) is 3.68.